The van der Waals surface area contributed by atoms with E-state index in [2.05, 4.69) is 5.32 Å². The van der Waals surface area contributed by atoms with Crippen LogP contribution in [0.1, 0.15) is 44.6 Å². The summed E-state index contributed by atoms with van der Waals surface area (Å²) in [4.78, 5) is 26.0. The Morgan fingerprint density at radius 2 is 1.88 bits per heavy atom. The third kappa shape index (κ3) is 6.32. The molecule has 2 amide bonds. The summed E-state index contributed by atoms with van der Waals surface area (Å²) in [5.74, 6) is -0.0560. The lowest BCUT2D eigenvalue weighted by Crippen LogP contribution is -2.48. The molecule has 0 aromatic heterocycles. The van der Waals surface area contributed by atoms with Crippen molar-refractivity contribution in [1.82, 2.24) is 10.2 Å². The summed E-state index contributed by atoms with van der Waals surface area (Å²) in [5, 5.41) is 2.80. The first-order valence-corrected chi connectivity index (χ1v) is 8.86. The van der Waals surface area contributed by atoms with Crippen LogP contribution < -0.4 is 5.32 Å². The molecule has 1 saturated heterocycles. The molecule has 1 aromatic rings. The largest absolute Gasteiger partial charge is 0.377 e. The van der Waals surface area contributed by atoms with Gasteiger partial charge in [0.15, 0.2) is 0 Å². The van der Waals surface area contributed by atoms with Gasteiger partial charge in [-0.15, -0.1) is 0 Å². The van der Waals surface area contributed by atoms with Crippen molar-refractivity contribution in [3.63, 3.8) is 0 Å². The Morgan fingerprint density at radius 1 is 1.17 bits per heavy atom. The number of nitrogens with zero attached hydrogens (tertiary/aromatic N) is 1. The van der Waals surface area contributed by atoms with Crippen molar-refractivity contribution in [2.24, 2.45) is 0 Å². The molecule has 1 N–H and O–H groups in total. The average molecular weight is 332 g/mol. The van der Waals surface area contributed by atoms with Crippen molar-refractivity contribution < 1.29 is 14.3 Å². The molecular weight excluding hydrogens is 304 g/mol. The number of hydrogen-bond donors (Lipinski definition) is 1. The molecule has 24 heavy (non-hydrogen) atoms. The van der Waals surface area contributed by atoms with Crippen molar-refractivity contribution in [1.29, 1.82) is 0 Å². The van der Waals surface area contributed by atoms with E-state index in [1.165, 1.54) is 6.42 Å². The molecular formula is C19H28N2O3. The molecule has 1 aliphatic heterocycles. The fourth-order valence-corrected chi connectivity index (χ4v) is 2.86. The molecule has 0 bridgehead atoms. The third-order valence-electron chi connectivity index (χ3n) is 4.22. The van der Waals surface area contributed by atoms with Crippen molar-refractivity contribution >= 4 is 11.8 Å². The van der Waals surface area contributed by atoms with Crippen LogP contribution >= 0.6 is 0 Å². The number of piperidine rings is 1. The zero-order valence-corrected chi connectivity index (χ0v) is 14.5. The lowest BCUT2D eigenvalue weighted by molar-refractivity contribution is -0.136. The van der Waals surface area contributed by atoms with Gasteiger partial charge in [-0.3, -0.25) is 9.59 Å². The highest BCUT2D eigenvalue weighted by atomic mass is 16.5. The quantitative estimate of drug-likeness (QED) is 0.744. The summed E-state index contributed by atoms with van der Waals surface area (Å²) in [6, 6.07) is 9.52. The minimum absolute atomic E-state index is 0.0309. The first kappa shape index (κ1) is 18.5. The Kier molecular flexibility index (Phi) is 7.75. The monoisotopic (exact) mass is 332 g/mol. The van der Waals surface area contributed by atoms with Crippen LogP contribution in [0.15, 0.2) is 30.3 Å². The minimum Gasteiger partial charge on any atom is -0.377 e. The fraction of sp³-hybridized carbons (Fsp3) is 0.579. The molecule has 1 aromatic carbocycles. The predicted molar refractivity (Wildman–Crippen MR) is 93.4 cm³/mol. The first-order chi connectivity index (χ1) is 11.7. The Bertz CT molecular complexity index is 513. The number of benzene rings is 1. The van der Waals surface area contributed by atoms with Crippen LogP contribution in [0, 0.1) is 0 Å². The maximum absolute atomic E-state index is 12.3. The highest BCUT2D eigenvalue weighted by Crippen LogP contribution is 2.10. The Morgan fingerprint density at radius 3 is 2.58 bits per heavy atom. The second kappa shape index (κ2) is 10.1. The summed E-state index contributed by atoms with van der Waals surface area (Å²) in [6.45, 7) is 4.49. The van der Waals surface area contributed by atoms with E-state index in [4.69, 9.17) is 4.74 Å². The van der Waals surface area contributed by atoms with Gasteiger partial charge in [-0.25, -0.2) is 0 Å². The number of carbonyl (C=O) groups is 2. The number of hydrogen-bond acceptors (Lipinski definition) is 3. The van der Waals surface area contributed by atoms with Gasteiger partial charge in [0.25, 0.3) is 0 Å². The number of amides is 2. The van der Waals surface area contributed by atoms with Gasteiger partial charge in [-0.05, 0) is 38.2 Å². The van der Waals surface area contributed by atoms with Crippen LogP contribution in [0.5, 0.6) is 0 Å². The number of likely N-dealkylation sites (tertiary alicyclic amines) is 1. The van der Waals surface area contributed by atoms with E-state index in [-0.39, 0.29) is 11.8 Å². The third-order valence-corrected chi connectivity index (χ3v) is 4.22. The van der Waals surface area contributed by atoms with Gasteiger partial charge < -0.3 is 15.0 Å². The zero-order valence-electron chi connectivity index (χ0n) is 14.5. The second-order valence-corrected chi connectivity index (χ2v) is 6.32. The summed E-state index contributed by atoms with van der Waals surface area (Å²) in [7, 11) is 0. The predicted octanol–water partition coefficient (Wildman–Crippen LogP) is 2.50. The molecule has 132 valence electrons. The van der Waals surface area contributed by atoms with Crippen molar-refractivity contribution in [2.75, 3.05) is 19.7 Å². The van der Waals surface area contributed by atoms with E-state index in [1.54, 1.807) is 6.92 Å². The summed E-state index contributed by atoms with van der Waals surface area (Å²) in [6.07, 6.45) is 4.35. The number of rotatable bonds is 8. The van der Waals surface area contributed by atoms with Crippen LogP contribution in [0.4, 0.5) is 0 Å². The van der Waals surface area contributed by atoms with Crippen LogP contribution in [-0.2, 0) is 20.9 Å². The lowest BCUT2D eigenvalue weighted by atomic mass is 10.1. The number of ether oxygens (including phenoxy) is 1. The van der Waals surface area contributed by atoms with Gasteiger partial charge in [0, 0.05) is 26.1 Å². The normalized spacial score (nSPS) is 15.8. The maximum Gasteiger partial charge on any atom is 0.244 e. The average Bonchev–Trinajstić information content (AvgIpc) is 2.62. The molecule has 0 unspecified atom stereocenters. The highest BCUT2D eigenvalue weighted by Gasteiger charge is 2.23. The molecule has 5 heteroatoms. The topological polar surface area (TPSA) is 58.6 Å². The number of carbonyl (C=O) groups excluding carboxylic acids is 2. The fourth-order valence-electron chi connectivity index (χ4n) is 2.86. The lowest BCUT2D eigenvalue weighted by Gasteiger charge is -2.29. The second-order valence-electron chi connectivity index (χ2n) is 6.32. The van der Waals surface area contributed by atoms with Crippen LogP contribution in [-0.4, -0.2) is 42.5 Å². The van der Waals surface area contributed by atoms with E-state index >= 15 is 0 Å². The maximum atomic E-state index is 12.3. The molecule has 0 saturated carbocycles. The zero-order chi connectivity index (χ0) is 17.2. The first-order valence-electron chi connectivity index (χ1n) is 8.86. The van der Waals surface area contributed by atoms with Crippen LogP contribution in [0.25, 0.3) is 0 Å². The van der Waals surface area contributed by atoms with Gasteiger partial charge in [0.05, 0.1) is 6.61 Å². The minimum atomic E-state index is -0.444. The van der Waals surface area contributed by atoms with E-state index < -0.39 is 6.04 Å². The van der Waals surface area contributed by atoms with E-state index in [0.29, 0.717) is 26.1 Å². The summed E-state index contributed by atoms with van der Waals surface area (Å²) >= 11 is 0. The van der Waals surface area contributed by atoms with E-state index in [9.17, 15) is 9.59 Å². The molecule has 0 spiro atoms. The van der Waals surface area contributed by atoms with E-state index in [1.807, 2.05) is 35.2 Å². The van der Waals surface area contributed by atoms with Crippen molar-refractivity contribution in [3.8, 4) is 0 Å². The molecule has 0 radical (unpaired) electrons. The Labute approximate surface area is 144 Å². The Balaban J connectivity index is 1.57. The highest BCUT2D eigenvalue weighted by molar-refractivity contribution is 5.87. The summed E-state index contributed by atoms with van der Waals surface area (Å²) in [5.41, 5.74) is 1.13. The van der Waals surface area contributed by atoms with Gasteiger partial charge in [0.1, 0.15) is 6.04 Å². The number of nitrogens with one attached hydrogen (secondary N) is 1. The van der Waals surface area contributed by atoms with Gasteiger partial charge in [-0.2, -0.15) is 0 Å². The van der Waals surface area contributed by atoms with Crippen LogP contribution in [0.3, 0.4) is 0 Å². The standard InChI is InChI=1S/C19H28N2O3/c1-16(19(23)21-12-6-3-7-13-21)20-18(22)11-8-14-24-15-17-9-4-2-5-10-17/h2,4-5,9-10,16H,3,6-8,11-15H2,1H3,(H,20,22)/t16-/m1/s1. The summed E-state index contributed by atoms with van der Waals surface area (Å²) < 4.78 is 5.56. The van der Waals surface area contributed by atoms with Gasteiger partial charge in [-0.1, -0.05) is 30.3 Å². The van der Waals surface area contributed by atoms with Crippen molar-refractivity contribution in [2.45, 2.75) is 51.7 Å². The van der Waals surface area contributed by atoms with Gasteiger partial charge >= 0.3 is 0 Å². The molecule has 1 heterocycles. The smallest absolute Gasteiger partial charge is 0.244 e. The Hall–Kier alpha value is -1.88. The SMILES string of the molecule is C[C@@H](NC(=O)CCCOCc1ccccc1)C(=O)N1CCCCC1. The molecule has 2 rings (SSSR count). The van der Waals surface area contributed by atoms with Crippen molar-refractivity contribution in [3.05, 3.63) is 35.9 Å². The molecule has 1 atom stereocenters. The van der Waals surface area contributed by atoms with Crippen LogP contribution in [0.2, 0.25) is 0 Å². The molecule has 1 aliphatic rings. The van der Waals surface area contributed by atoms with Gasteiger partial charge in [0.2, 0.25) is 11.8 Å². The molecule has 0 aliphatic carbocycles. The van der Waals surface area contributed by atoms with E-state index in [0.717, 1.165) is 31.5 Å². The molecule has 5 nitrogen and oxygen atoms in total. The molecule has 1 fully saturated rings.